The van der Waals surface area contributed by atoms with Gasteiger partial charge in [0.15, 0.2) is 0 Å². The third kappa shape index (κ3) is 3.10. The van der Waals surface area contributed by atoms with Crippen LogP contribution in [0.1, 0.15) is 31.2 Å². The molecule has 1 aromatic carbocycles. The summed E-state index contributed by atoms with van der Waals surface area (Å²) in [6.45, 7) is 3.79. The molecule has 3 rings (SSSR count). The normalized spacial score (nSPS) is 27.6. The zero-order valence-corrected chi connectivity index (χ0v) is 11.4. The third-order valence-electron chi connectivity index (χ3n) is 4.47. The number of fused-ring (bicyclic) bond motifs is 1. The minimum absolute atomic E-state index is 0.0597. The van der Waals surface area contributed by atoms with Gasteiger partial charge < -0.3 is 9.84 Å². The van der Waals surface area contributed by atoms with Gasteiger partial charge in [-0.25, -0.2) is 0 Å². The number of aliphatic hydroxyl groups excluding tert-OH is 1. The third-order valence-corrected chi connectivity index (χ3v) is 4.47. The van der Waals surface area contributed by atoms with E-state index < -0.39 is 0 Å². The number of hydrogen-bond donors (Lipinski definition) is 1. The van der Waals surface area contributed by atoms with Gasteiger partial charge in [0.1, 0.15) is 12.4 Å². The van der Waals surface area contributed by atoms with Gasteiger partial charge >= 0.3 is 0 Å². The standard InChI is InChI=1S/C16H23NO2/c18-15-6-3-5-13(15)8-9-17-10-11-19-16-7-2-1-4-14(16)12-17/h1-2,4,7,13,15,18H,3,5-6,8-12H2. The van der Waals surface area contributed by atoms with E-state index in [4.69, 9.17) is 4.74 Å². The second kappa shape index (κ2) is 5.93. The molecule has 0 radical (unpaired) electrons. The lowest BCUT2D eigenvalue weighted by Crippen LogP contribution is -2.29. The summed E-state index contributed by atoms with van der Waals surface area (Å²) in [6.07, 6.45) is 4.44. The summed E-state index contributed by atoms with van der Waals surface area (Å²) < 4.78 is 5.78. The van der Waals surface area contributed by atoms with Crippen LogP contribution in [0, 0.1) is 5.92 Å². The van der Waals surface area contributed by atoms with Crippen LogP contribution >= 0.6 is 0 Å². The largest absolute Gasteiger partial charge is 0.492 e. The van der Waals surface area contributed by atoms with Crippen molar-refractivity contribution in [3.8, 4) is 5.75 Å². The summed E-state index contributed by atoms with van der Waals surface area (Å²) in [5, 5.41) is 9.89. The first-order chi connectivity index (χ1) is 9.33. The number of rotatable bonds is 3. The SMILES string of the molecule is OC1CCCC1CCN1CCOc2ccccc2C1. The Labute approximate surface area is 115 Å². The lowest BCUT2D eigenvalue weighted by atomic mass is 10.0. The van der Waals surface area contributed by atoms with Crippen molar-refractivity contribution in [1.82, 2.24) is 4.90 Å². The number of nitrogens with zero attached hydrogens (tertiary/aromatic N) is 1. The Morgan fingerprint density at radius 3 is 3.00 bits per heavy atom. The molecule has 3 nitrogen and oxygen atoms in total. The predicted octanol–water partition coefficient (Wildman–Crippen LogP) is 2.43. The van der Waals surface area contributed by atoms with Crippen molar-refractivity contribution < 1.29 is 9.84 Å². The van der Waals surface area contributed by atoms with E-state index in [2.05, 4.69) is 23.1 Å². The average molecular weight is 261 g/mol. The molecule has 0 saturated heterocycles. The zero-order chi connectivity index (χ0) is 13.1. The fourth-order valence-electron chi connectivity index (χ4n) is 3.27. The molecule has 1 aromatic rings. The quantitative estimate of drug-likeness (QED) is 0.907. The van der Waals surface area contributed by atoms with Crippen molar-refractivity contribution in [2.75, 3.05) is 19.7 Å². The highest BCUT2D eigenvalue weighted by Crippen LogP contribution is 2.29. The van der Waals surface area contributed by atoms with Gasteiger partial charge in [0, 0.05) is 18.7 Å². The van der Waals surface area contributed by atoms with E-state index in [-0.39, 0.29) is 6.10 Å². The minimum atomic E-state index is -0.0597. The highest BCUT2D eigenvalue weighted by Gasteiger charge is 2.25. The molecule has 2 atom stereocenters. The molecule has 1 aliphatic carbocycles. The maximum Gasteiger partial charge on any atom is 0.123 e. The molecule has 1 fully saturated rings. The van der Waals surface area contributed by atoms with E-state index in [1.807, 2.05) is 6.07 Å². The summed E-state index contributed by atoms with van der Waals surface area (Å²) in [5.74, 6) is 1.55. The summed E-state index contributed by atoms with van der Waals surface area (Å²) in [4.78, 5) is 2.46. The molecule has 1 saturated carbocycles. The Hall–Kier alpha value is -1.06. The second-order valence-corrected chi connectivity index (χ2v) is 5.78. The molecular weight excluding hydrogens is 238 g/mol. The van der Waals surface area contributed by atoms with E-state index >= 15 is 0 Å². The molecule has 2 unspecified atom stereocenters. The molecule has 104 valence electrons. The van der Waals surface area contributed by atoms with Crippen molar-refractivity contribution in [3.05, 3.63) is 29.8 Å². The van der Waals surface area contributed by atoms with E-state index in [9.17, 15) is 5.11 Å². The predicted molar refractivity (Wildman–Crippen MR) is 75.2 cm³/mol. The summed E-state index contributed by atoms with van der Waals surface area (Å²) >= 11 is 0. The van der Waals surface area contributed by atoms with Crippen molar-refractivity contribution in [2.45, 2.75) is 38.3 Å². The van der Waals surface area contributed by atoms with Crippen LogP contribution in [0.2, 0.25) is 0 Å². The first-order valence-electron chi connectivity index (χ1n) is 7.44. The molecular formula is C16H23NO2. The van der Waals surface area contributed by atoms with E-state index in [0.717, 1.165) is 44.8 Å². The number of para-hydroxylation sites is 1. The van der Waals surface area contributed by atoms with Crippen LogP contribution in [-0.4, -0.2) is 35.8 Å². The Morgan fingerprint density at radius 1 is 1.26 bits per heavy atom. The van der Waals surface area contributed by atoms with E-state index in [1.165, 1.54) is 18.4 Å². The van der Waals surface area contributed by atoms with Crippen LogP contribution < -0.4 is 4.74 Å². The Kier molecular flexibility index (Phi) is 4.04. The number of hydrogen-bond acceptors (Lipinski definition) is 3. The average Bonchev–Trinajstić information content (AvgIpc) is 2.72. The summed E-state index contributed by atoms with van der Waals surface area (Å²) in [5.41, 5.74) is 1.28. The van der Waals surface area contributed by atoms with Crippen LogP contribution in [0.4, 0.5) is 0 Å². The molecule has 2 aliphatic rings. The van der Waals surface area contributed by atoms with Gasteiger partial charge in [-0.15, -0.1) is 0 Å². The lowest BCUT2D eigenvalue weighted by molar-refractivity contribution is 0.115. The highest BCUT2D eigenvalue weighted by molar-refractivity contribution is 5.33. The maximum absolute atomic E-state index is 9.89. The fourth-order valence-corrected chi connectivity index (χ4v) is 3.27. The molecule has 1 aliphatic heterocycles. The van der Waals surface area contributed by atoms with Gasteiger partial charge in [-0.05, 0) is 37.8 Å². The molecule has 0 spiro atoms. The molecule has 19 heavy (non-hydrogen) atoms. The second-order valence-electron chi connectivity index (χ2n) is 5.78. The monoisotopic (exact) mass is 261 g/mol. The Balaban J connectivity index is 1.57. The number of aliphatic hydroxyl groups is 1. The van der Waals surface area contributed by atoms with Crippen LogP contribution in [0.5, 0.6) is 5.75 Å². The van der Waals surface area contributed by atoms with Gasteiger partial charge in [0.2, 0.25) is 0 Å². The van der Waals surface area contributed by atoms with Crippen LogP contribution in [0.15, 0.2) is 24.3 Å². The smallest absolute Gasteiger partial charge is 0.123 e. The topological polar surface area (TPSA) is 32.7 Å². The van der Waals surface area contributed by atoms with E-state index in [0.29, 0.717) is 5.92 Å². The number of benzene rings is 1. The van der Waals surface area contributed by atoms with Gasteiger partial charge in [-0.2, -0.15) is 0 Å². The van der Waals surface area contributed by atoms with Crippen molar-refractivity contribution in [3.63, 3.8) is 0 Å². The highest BCUT2D eigenvalue weighted by atomic mass is 16.5. The molecule has 0 bridgehead atoms. The minimum Gasteiger partial charge on any atom is -0.492 e. The van der Waals surface area contributed by atoms with Gasteiger partial charge in [-0.3, -0.25) is 4.90 Å². The van der Waals surface area contributed by atoms with Crippen LogP contribution in [0.3, 0.4) is 0 Å². The fraction of sp³-hybridized carbons (Fsp3) is 0.625. The van der Waals surface area contributed by atoms with Crippen molar-refractivity contribution >= 4 is 0 Å². The van der Waals surface area contributed by atoms with Crippen LogP contribution in [0.25, 0.3) is 0 Å². The number of ether oxygens (including phenoxy) is 1. The van der Waals surface area contributed by atoms with Gasteiger partial charge in [-0.1, -0.05) is 24.6 Å². The van der Waals surface area contributed by atoms with E-state index in [1.54, 1.807) is 0 Å². The summed E-state index contributed by atoms with van der Waals surface area (Å²) in [7, 11) is 0. The van der Waals surface area contributed by atoms with Gasteiger partial charge in [0.25, 0.3) is 0 Å². The molecule has 0 aromatic heterocycles. The molecule has 1 N–H and O–H groups in total. The molecule has 0 amide bonds. The lowest BCUT2D eigenvalue weighted by Gasteiger charge is -2.22. The maximum atomic E-state index is 9.89. The first-order valence-corrected chi connectivity index (χ1v) is 7.44. The van der Waals surface area contributed by atoms with Crippen molar-refractivity contribution in [1.29, 1.82) is 0 Å². The van der Waals surface area contributed by atoms with Crippen LogP contribution in [-0.2, 0) is 6.54 Å². The summed E-state index contributed by atoms with van der Waals surface area (Å²) in [6, 6.07) is 8.31. The first kappa shape index (κ1) is 12.9. The molecule has 3 heteroatoms. The van der Waals surface area contributed by atoms with Crippen molar-refractivity contribution in [2.24, 2.45) is 5.92 Å². The Morgan fingerprint density at radius 2 is 2.16 bits per heavy atom. The zero-order valence-electron chi connectivity index (χ0n) is 11.4. The molecule has 1 heterocycles. The van der Waals surface area contributed by atoms with Gasteiger partial charge in [0.05, 0.1) is 6.10 Å². The Bertz CT molecular complexity index is 421.